The number of fused-ring (bicyclic) bond motifs is 2. The molecule has 1 amide bonds. The molecule has 2 aromatic heterocycles. The molecule has 1 N–H and O–H groups in total. The lowest BCUT2D eigenvalue weighted by atomic mass is 10.1. The van der Waals surface area contributed by atoms with Crippen LogP contribution in [0.1, 0.15) is 25.7 Å². The predicted octanol–water partition coefficient (Wildman–Crippen LogP) is 5.45. The lowest BCUT2D eigenvalue weighted by Crippen LogP contribution is -2.45. The van der Waals surface area contributed by atoms with Gasteiger partial charge < -0.3 is 10.2 Å². The number of aromatic nitrogens is 4. The van der Waals surface area contributed by atoms with E-state index in [1.807, 2.05) is 29.2 Å². The number of hydrogen-bond acceptors (Lipinski definition) is 5. The highest BCUT2D eigenvalue weighted by Crippen LogP contribution is 2.33. The molecule has 1 atom stereocenters. The van der Waals surface area contributed by atoms with Crippen LogP contribution in [0.15, 0.2) is 79.0 Å². The summed E-state index contributed by atoms with van der Waals surface area (Å²) in [5, 5.41) is 5.88. The fraction of sp³-hybridized carbons (Fsp3) is 0.267. The molecule has 0 unspecified atom stereocenters. The zero-order chi connectivity index (χ0) is 24.8. The van der Waals surface area contributed by atoms with E-state index in [1.165, 1.54) is 10.8 Å². The van der Waals surface area contributed by atoms with E-state index in [1.54, 1.807) is 6.20 Å². The maximum absolute atomic E-state index is 12.6. The summed E-state index contributed by atoms with van der Waals surface area (Å²) in [5.41, 5.74) is 2.94. The van der Waals surface area contributed by atoms with Gasteiger partial charge in [-0.2, -0.15) is 4.98 Å². The molecule has 0 radical (unpaired) electrons. The molecule has 1 aliphatic heterocycles. The molecule has 3 heterocycles. The first-order valence-corrected chi connectivity index (χ1v) is 13.1. The number of para-hydroxylation sites is 2. The molecule has 2 aliphatic rings. The number of rotatable bonds is 5. The normalized spacial score (nSPS) is 17.8. The standard InChI is InChI=1S/C30H28N6O/c37-29(21-12-13-21)35-17-5-8-24(19-35)32-30-31-16-15-27(34-30)36-26-10-4-3-9-25(26)33-28(36)23-14-11-20-6-1-2-7-22(20)18-23/h1-4,6-7,9-11,14-16,18,21,24H,5,8,12-13,17,19H2,(H,31,32,34)/t24-/m1/s1. The molecule has 7 nitrogen and oxygen atoms in total. The third-order valence-corrected chi connectivity index (χ3v) is 7.43. The van der Waals surface area contributed by atoms with Gasteiger partial charge in [-0.05, 0) is 60.7 Å². The molecule has 2 fully saturated rings. The Morgan fingerprint density at radius 2 is 1.73 bits per heavy atom. The van der Waals surface area contributed by atoms with E-state index in [0.29, 0.717) is 18.4 Å². The third-order valence-electron chi connectivity index (χ3n) is 7.43. The van der Waals surface area contributed by atoms with Gasteiger partial charge in [0.2, 0.25) is 11.9 Å². The minimum atomic E-state index is 0.145. The summed E-state index contributed by atoms with van der Waals surface area (Å²) in [7, 11) is 0. The van der Waals surface area contributed by atoms with Crippen molar-refractivity contribution in [1.82, 2.24) is 24.4 Å². The van der Waals surface area contributed by atoms with Gasteiger partial charge in [0, 0.05) is 36.8 Å². The first-order valence-electron chi connectivity index (χ1n) is 13.1. The molecule has 0 spiro atoms. The number of imidazole rings is 1. The van der Waals surface area contributed by atoms with Gasteiger partial charge in [0.05, 0.1) is 11.0 Å². The Balaban J connectivity index is 1.24. The van der Waals surface area contributed by atoms with Crippen LogP contribution >= 0.6 is 0 Å². The molecule has 7 heteroatoms. The van der Waals surface area contributed by atoms with Crippen LogP contribution in [0.5, 0.6) is 0 Å². The number of amides is 1. The van der Waals surface area contributed by atoms with E-state index in [4.69, 9.17) is 9.97 Å². The molecule has 37 heavy (non-hydrogen) atoms. The Kier molecular flexibility index (Phi) is 5.34. The Labute approximate surface area is 215 Å². The van der Waals surface area contributed by atoms with Crippen LogP contribution in [-0.4, -0.2) is 49.5 Å². The summed E-state index contributed by atoms with van der Waals surface area (Å²) in [5.74, 6) is 2.74. The van der Waals surface area contributed by atoms with Gasteiger partial charge in [0.25, 0.3) is 0 Å². The summed E-state index contributed by atoms with van der Waals surface area (Å²) in [4.78, 5) is 29.1. The number of nitrogens with zero attached hydrogens (tertiary/aromatic N) is 5. The van der Waals surface area contributed by atoms with Gasteiger partial charge in [0.1, 0.15) is 11.6 Å². The van der Waals surface area contributed by atoms with E-state index in [0.717, 1.165) is 60.5 Å². The van der Waals surface area contributed by atoms with Crippen LogP contribution in [0.25, 0.3) is 39.0 Å². The molecular formula is C30H28N6O. The number of nitrogens with one attached hydrogen (secondary N) is 1. The van der Waals surface area contributed by atoms with Crippen molar-refractivity contribution in [2.24, 2.45) is 5.92 Å². The molecule has 1 saturated heterocycles. The minimum Gasteiger partial charge on any atom is -0.350 e. The van der Waals surface area contributed by atoms with Gasteiger partial charge in [-0.3, -0.25) is 9.36 Å². The first-order chi connectivity index (χ1) is 18.2. The number of carbonyl (C=O) groups is 1. The van der Waals surface area contributed by atoms with Crippen molar-refractivity contribution in [1.29, 1.82) is 0 Å². The van der Waals surface area contributed by atoms with Crippen molar-refractivity contribution in [3.8, 4) is 17.2 Å². The molecular weight excluding hydrogens is 460 g/mol. The monoisotopic (exact) mass is 488 g/mol. The fourth-order valence-electron chi connectivity index (χ4n) is 5.39. The number of hydrogen-bond donors (Lipinski definition) is 1. The summed E-state index contributed by atoms with van der Waals surface area (Å²) in [6.07, 6.45) is 5.86. The number of piperidine rings is 1. The third kappa shape index (κ3) is 4.20. The second-order valence-corrected chi connectivity index (χ2v) is 10.1. The lowest BCUT2D eigenvalue weighted by Gasteiger charge is -2.33. The van der Waals surface area contributed by atoms with Crippen LogP contribution in [-0.2, 0) is 4.79 Å². The fourth-order valence-corrected chi connectivity index (χ4v) is 5.39. The number of carbonyl (C=O) groups excluding carboxylic acids is 1. The van der Waals surface area contributed by atoms with Crippen LogP contribution in [0.2, 0.25) is 0 Å². The van der Waals surface area contributed by atoms with Gasteiger partial charge in [-0.25, -0.2) is 9.97 Å². The van der Waals surface area contributed by atoms with Crippen molar-refractivity contribution in [2.45, 2.75) is 31.7 Å². The predicted molar refractivity (Wildman–Crippen MR) is 146 cm³/mol. The largest absolute Gasteiger partial charge is 0.350 e. The van der Waals surface area contributed by atoms with Crippen molar-refractivity contribution >= 4 is 33.7 Å². The average molecular weight is 489 g/mol. The van der Waals surface area contributed by atoms with Gasteiger partial charge in [0.15, 0.2) is 0 Å². The van der Waals surface area contributed by atoms with E-state index >= 15 is 0 Å². The van der Waals surface area contributed by atoms with Gasteiger partial charge in [-0.15, -0.1) is 0 Å². The second-order valence-electron chi connectivity index (χ2n) is 10.1. The molecule has 1 aliphatic carbocycles. The molecule has 5 aromatic rings. The van der Waals surface area contributed by atoms with E-state index < -0.39 is 0 Å². The van der Waals surface area contributed by atoms with Gasteiger partial charge in [-0.1, -0.05) is 48.5 Å². The highest BCUT2D eigenvalue weighted by atomic mass is 16.2. The molecule has 0 bridgehead atoms. The van der Waals surface area contributed by atoms with Crippen LogP contribution < -0.4 is 5.32 Å². The summed E-state index contributed by atoms with van der Waals surface area (Å²) >= 11 is 0. The van der Waals surface area contributed by atoms with Crippen molar-refractivity contribution in [2.75, 3.05) is 18.4 Å². The first kappa shape index (κ1) is 22.0. The SMILES string of the molecule is O=C(C1CC1)N1CCC[C@@H](Nc2nccc(-n3c(-c4ccc5ccccc5c4)nc4ccccc43)n2)C1. The lowest BCUT2D eigenvalue weighted by molar-refractivity contribution is -0.133. The van der Waals surface area contributed by atoms with Crippen LogP contribution in [0.4, 0.5) is 5.95 Å². The molecule has 3 aromatic carbocycles. The average Bonchev–Trinajstić information content (AvgIpc) is 3.72. The Hall–Kier alpha value is -4.26. The van der Waals surface area contributed by atoms with Crippen LogP contribution in [0.3, 0.4) is 0 Å². The van der Waals surface area contributed by atoms with Crippen molar-refractivity contribution < 1.29 is 4.79 Å². The van der Waals surface area contributed by atoms with E-state index in [9.17, 15) is 4.79 Å². The zero-order valence-corrected chi connectivity index (χ0v) is 20.5. The summed E-state index contributed by atoms with van der Waals surface area (Å²) in [6, 6.07) is 25.0. The van der Waals surface area contributed by atoms with E-state index in [-0.39, 0.29) is 12.0 Å². The van der Waals surface area contributed by atoms with Gasteiger partial charge >= 0.3 is 0 Å². The number of anilines is 1. The molecule has 184 valence electrons. The molecule has 7 rings (SSSR count). The summed E-state index contributed by atoms with van der Waals surface area (Å²) in [6.45, 7) is 1.56. The Bertz CT molecular complexity index is 1620. The zero-order valence-electron chi connectivity index (χ0n) is 20.5. The van der Waals surface area contributed by atoms with Crippen molar-refractivity contribution in [3.63, 3.8) is 0 Å². The smallest absolute Gasteiger partial charge is 0.225 e. The minimum absolute atomic E-state index is 0.145. The Morgan fingerprint density at radius 3 is 2.62 bits per heavy atom. The number of likely N-dealkylation sites (tertiary alicyclic amines) is 1. The molecule has 1 saturated carbocycles. The maximum atomic E-state index is 12.6. The highest BCUT2D eigenvalue weighted by Gasteiger charge is 2.35. The van der Waals surface area contributed by atoms with Crippen LogP contribution in [0, 0.1) is 5.92 Å². The topological polar surface area (TPSA) is 75.9 Å². The summed E-state index contributed by atoms with van der Waals surface area (Å²) < 4.78 is 2.11. The highest BCUT2D eigenvalue weighted by molar-refractivity contribution is 5.89. The second kappa shape index (κ2) is 9.00. The van der Waals surface area contributed by atoms with E-state index in [2.05, 4.69) is 63.4 Å². The number of benzene rings is 3. The quantitative estimate of drug-likeness (QED) is 0.356. The maximum Gasteiger partial charge on any atom is 0.225 e. The van der Waals surface area contributed by atoms with Crippen molar-refractivity contribution in [3.05, 3.63) is 79.0 Å². The Morgan fingerprint density at radius 1 is 0.892 bits per heavy atom.